The van der Waals surface area contributed by atoms with E-state index in [-0.39, 0.29) is 11.6 Å². The van der Waals surface area contributed by atoms with Crippen molar-refractivity contribution in [1.82, 2.24) is 5.32 Å². The van der Waals surface area contributed by atoms with Crippen molar-refractivity contribution in [2.45, 2.75) is 0 Å². The monoisotopic (exact) mass is 254 g/mol. The van der Waals surface area contributed by atoms with Crippen LogP contribution in [0.4, 0.5) is 10.1 Å². The minimum atomic E-state index is -0.444. The highest BCUT2D eigenvalue weighted by Gasteiger charge is 2.09. The molecule has 0 aromatic heterocycles. The number of carbonyl (C=O) groups is 1. The van der Waals surface area contributed by atoms with Crippen LogP contribution < -0.4 is 11.1 Å². The van der Waals surface area contributed by atoms with E-state index in [1.54, 1.807) is 11.8 Å². The van der Waals surface area contributed by atoms with Crippen molar-refractivity contribution in [3.63, 3.8) is 0 Å². The molecule has 5 heteroatoms. The van der Waals surface area contributed by atoms with E-state index in [1.165, 1.54) is 12.1 Å². The van der Waals surface area contributed by atoms with Crippen LogP contribution in [0.1, 0.15) is 10.4 Å². The first kappa shape index (κ1) is 13.6. The van der Waals surface area contributed by atoms with E-state index in [1.807, 2.05) is 6.08 Å². The zero-order valence-corrected chi connectivity index (χ0v) is 10.2. The highest BCUT2D eigenvalue weighted by Crippen LogP contribution is 2.13. The second-order valence-corrected chi connectivity index (χ2v) is 4.50. The molecule has 0 heterocycles. The molecule has 0 aliphatic carbocycles. The fraction of sp³-hybridized carbons (Fsp3) is 0.250. The number of hydrogen-bond acceptors (Lipinski definition) is 3. The summed E-state index contributed by atoms with van der Waals surface area (Å²) in [6, 6.07) is 3.75. The Bertz CT molecular complexity index is 409. The molecule has 0 bridgehead atoms. The summed E-state index contributed by atoms with van der Waals surface area (Å²) >= 11 is 1.67. The van der Waals surface area contributed by atoms with Crippen LogP contribution in [0.25, 0.3) is 0 Å². The maximum Gasteiger partial charge on any atom is 0.253 e. The lowest BCUT2D eigenvalue weighted by Gasteiger charge is -2.07. The van der Waals surface area contributed by atoms with Gasteiger partial charge < -0.3 is 11.1 Å². The topological polar surface area (TPSA) is 55.1 Å². The van der Waals surface area contributed by atoms with Gasteiger partial charge in [0.2, 0.25) is 0 Å². The molecule has 0 unspecified atom stereocenters. The highest BCUT2D eigenvalue weighted by atomic mass is 32.2. The smallest absolute Gasteiger partial charge is 0.253 e. The van der Waals surface area contributed by atoms with Gasteiger partial charge in [0.15, 0.2) is 0 Å². The van der Waals surface area contributed by atoms with E-state index in [0.717, 1.165) is 17.6 Å². The number of nitrogens with two attached hydrogens (primary N) is 1. The van der Waals surface area contributed by atoms with Crippen molar-refractivity contribution in [2.75, 3.05) is 23.8 Å². The standard InChI is InChI=1S/C12H15FN2OS/c1-2-6-17-7-5-15-12(16)10-4-3-9(13)8-11(10)14/h2-4,8H,1,5-7,14H2,(H,15,16). The molecule has 0 aliphatic heterocycles. The molecule has 0 spiro atoms. The molecule has 3 N–H and O–H groups in total. The van der Waals surface area contributed by atoms with Crippen molar-refractivity contribution < 1.29 is 9.18 Å². The predicted molar refractivity (Wildman–Crippen MR) is 70.7 cm³/mol. The molecule has 1 aromatic rings. The van der Waals surface area contributed by atoms with Crippen LogP contribution in [0, 0.1) is 5.82 Å². The first-order valence-corrected chi connectivity index (χ1v) is 6.32. The predicted octanol–water partition coefficient (Wildman–Crippen LogP) is 2.06. The van der Waals surface area contributed by atoms with Gasteiger partial charge in [-0.1, -0.05) is 6.08 Å². The number of carbonyl (C=O) groups excluding carboxylic acids is 1. The summed E-state index contributed by atoms with van der Waals surface area (Å²) in [5, 5.41) is 2.72. The van der Waals surface area contributed by atoms with Gasteiger partial charge in [0, 0.05) is 23.7 Å². The molecular formula is C12H15FN2OS. The molecule has 92 valence electrons. The van der Waals surface area contributed by atoms with Crippen molar-refractivity contribution in [3.05, 3.63) is 42.2 Å². The molecule has 17 heavy (non-hydrogen) atoms. The van der Waals surface area contributed by atoms with Gasteiger partial charge in [-0.3, -0.25) is 4.79 Å². The average Bonchev–Trinajstić information content (AvgIpc) is 2.28. The van der Waals surface area contributed by atoms with E-state index in [2.05, 4.69) is 11.9 Å². The van der Waals surface area contributed by atoms with Gasteiger partial charge in [-0.2, -0.15) is 11.8 Å². The molecule has 0 saturated heterocycles. The molecule has 3 nitrogen and oxygen atoms in total. The van der Waals surface area contributed by atoms with E-state index in [0.29, 0.717) is 12.1 Å². The normalized spacial score (nSPS) is 9.94. The van der Waals surface area contributed by atoms with Gasteiger partial charge in [-0.05, 0) is 18.2 Å². The van der Waals surface area contributed by atoms with Gasteiger partial charge in [-0.15, -0.1) is 6.58 Å². The Morgan fingerprint density at radius 1 is 1.59 bits per heavy atom. The van der Waals surface area contributed by atoms with Crippen molar-refractivity contribution in [2.24, 2.45) is 0 Å². The van der Waals surface area contributed by atoms with Crippen molar-refractivity contribution in [1.29, 1.82) is 0 Å². The van der Waals surface area contributed by atoms with Crippen LogP contribution in [0.3, 0.4) is 0 Å². The Hall–Kier alpha value is -1.49. The third kappa shape index (κ3) is 4.48. The number of halogens is 1. The van der Waals surface area contributed by atoms with Gasteiger partial charge in [0.1, 0.15) is 5.82 Å². The molecule has 1 rings (SSSR count). The second-order valence-electron chi connectivity index (χ2n) is 3.35. The van der Waals surface area contributed by atoms with Crippen LogP contribution in [0.5, 0.6) is 0 Å². The number of benzene rings is 1. The molecule has 0 aliphatic rings. The summed E-state index contributed by atoms with van der Waals surface area (Å²) in [5.41, 5.74) is 6.01. The number of amides is 1. The Balaban J connectivity index is 2.44. The van der Waals surface area contributed by atoms with E-state index < -0.39 is 5.82 Å². The quantitative estimate of drug-likeness (QED) is 0.464. The minimum absolute atomic E-state index is 0.154. The number of anilines is 1. The van der Waals surface area contributed by atoms with Gasteiger partial charge in [-0.25, -0.2) is 4.39 Å². The van der Waals surface area contributed by atoms with Gasteiger partial charge >= 0.3 is 0 Å². The van der Waals surface area contributed by atoms with Gasteiger partial charge in [0.25, 0.3) is 5.91 Å². The second kappa shape index (κ2) is 6.96. The molecule has 0 atom stereocenters. The SMILES string of the molecule is C=CCSCCNC(=O)c1ccc(F)cc1N. The number of nitrogens with one attached hydrogen (secondary N) is 1. The molecule has 0 fully saturated rings. The molecule has 1 aromatic carbocycles. The van der Waals surface area contributed by atoms with Crippen molar-refractivity contribution in [3.8, 4) is 0 Å². The lowest BCUT2D eigenvalue weighted by molar-refractivity contribution is 0.0957. The summed E-state index contributed by atoms with van der Waals surface area (Å²) in [5.74, 6) is 0.940. The third-order valence-electron chi connectivity index (χ3n) is 2.03. The zero-order valence-electron chi connectivity index (χ0n) is 9.41. The molecule has 0 radical (unpaired) electrons. The lowest BCUT2D eigenvalue weighted by atomic mass is 10.1. The van der Waals surface area contributed by atoms with Crippen LogP contribution in [0.2, 0.25) is 0 Å². The summed E-state index contributed by atoms with van der Waals surface area (Å²) in [6.07, 6.45) is 1.81. The summed E-state index contributed by atoms with van der Waals surface area (Å²) in [7, 11) is 0. The summed E-state index contributed by atoms with van der Waals surface area (Å²) < 4.78 is 12.8. The molecule has 1 amide bonds. The first-order valence-electron chi connectivity index (χ1n) is 5.17. The third-order valence-corrected chi connectivity index (χ3v) is 2.99. The minimum Gasteiger partial charge on any atom is -0.398 e. The Kier molecular flexibility index (Phi) is 5.56. The van der Waals surface area contributed by atoms with Crippen molar-refractivity contribution >= 4 is 23.4 Å². The Morgan fingerprint density at radius 3 is 3.00 bits per heavy atom. The number of hydrogen-bond donors (Lipinski definition) is 2. The fourth-order valence-corrected chi connectivity index (χ4v) is 1.82. The van der Waals surface area contributed by atoms with Crippen LogP contribution in [0.15, 0.2) is 30.9 Å². The maximum absolute atomic E-state index is 12.8. The molecular weight excluding hydrogens is 239 g/mol. The zero-order chi connectivity index (χ0) is 12.7. The van der Waals surface area contributed by atoms with Gasteiger partial charge in [0.05, 0.1) is 5.56 Å². The van der Waals surface area contributed by atoms with E-state index >= 15 is 0 Å². The Labute approximate surface area is 104 Å². The highest BCUT2D eigenvalue weighted by molar-refractivity contribution is 7.99. The summed E-state index contributed by atoms with van der Waals surface area (Å²) in [6.45, 7) is 4.15. The first-order chi connectivity index (χ1) is 8.15. The Morgan fingerprint density at radius 2 is 2.35 bits per heavy atom. The number of nitrogen functional groups attached to an aromatic ring is 1. The molecule has 0 saturated carbocycles. The average molecular weight is 254 g/mol. The fourth-order valence-electron chi connectivity index (χ4n) is 1.24. The number of thioether (sulfide) groups is 1. The largest absolute Gasteiger partial charge is 0.398 e. The lowest BCUT2D eigenvalue weighted by Crippen LogP contribution is -2.26. The van der Waals surface area contributed by atoms with Crippen LogP contribution in [-0.2, 0) is 0 Å². The van der Waals surface area contributed by atoms with E-state index in [9.17, 15) is 9.18 Å². The van der Waals surface area contributed by atoms with Crippen LogP contribution in [-0.4, -0.2) is 24.0 Å². The summed E-state index contributed by atoms with van der Waals surface area (Å²) in [4.78, 5) is 11.7. The van der Waals surface area contributed by atoms with E-state index in [4.69, 9.17) is 5.73 Å². The maximum atomic E-state index is 12.8. The van der Waals surface area contributed by atoms with Crippen LogP contribution >= 0.6 is 11.8 Å². The number of rotatable bonds is 6.